The van der Waals surface area contributed by atoms with Gasteiger partial charge in [0.05, 0.1) is 0 Å². The molecular formula is C33H54O3Si. The maximum atomic E-state index is 10.9. The van der Waals surface area contributed by atoms with Crippen LogP contribution in [0, 0.1) is 29.1 Å². The minimum absolute atomic E-state index is 0.252. The third-order valence-corrected chi connectivity index (χ3v) is 14.8. The first-order chi connectivity index (χ1) is 17.1. The second kappa shape index (κ2) is 11.8. The molecule has 3 saturated carbocycles. The van der Waals surface area contributed by atoms with Gasteiger partial charge in [-0.05, 0) is 106 Å². The van der Waals surface area contributed by atoms with Crippen LogP contribution in [0.3, 0.4) is 0 Å². The minimum Gasteiger partial charge on any atom is -0.478 e. The van der Waals surface area contributed by atoms with Crippen LogP contribution in [0.4, 0.5) is 0 Å². The van der Waals surface area contributed by atoms with Gasteiger partial charge >= 0.3 is 5.97 Å². The number of allylic oxidation sites excluding steroid dienone is 6. The van der Waals surface area contributed by atoms with E-state index in [2.05, 4.69) is 72.9 Å². The summed E-state index contributed by atoms with van der Waals surface area (Å²) in [7, 11) is -1.76. The first-order valence-electron chi connectivity index (χ1n) is 14.8. The molecule has 3 fully saturated rings. The summed E-state index contributed by atoms with van der Waals surface area (Å²) in [4.78, 5) is 10.9. The molecule has 0 unspecified atom stereocenters. The molecule has 3 rings (SSSR count). The Morgan fingerprint density at radius 1 is 1.16 bits per heavy atom. The van der Waals surface area contributed by atoms with E-state index in [1.807, 2.05) is 6.92 Å². The number of carbonyl (C=O) groups is 1. The number of carboxylic acids is 1. The lowest BCUT2D eigenvalue weighted by molar-refractivity contribution is -0.131. The van der Waals surface area contributed by atoms with Crippen molar-refractivity contribution in [3.8, 4) is 0 Å². The van der Waals surface area contributed by atoms with Crippen LogP contribution in [0.2, 0.25) is 18.1 Å². The SMILES string of the molecule is CC(/C=C/C(=O)O)=C\[C@@H](C)[C@H]1CC[C@H]2/C(=C/C=C3/C[C@@H](C)C[C@H](O[Si](C)(C)C(C)(C)C)C3)CCC[C@]12C. The zero-order valence-corrected chi connectivity index (χ0v) is 26.2. The second-order valence-electron chi connectivity index (χ2n) is 14.4. The number of rotatable bonds is 7. The molecule has 0 heterocycles. The van der Waals surface area contributed by atoms with Crippen molar-refractivity contribution in [2.75, 3.05) is 0 Å². The van der Waals surface area contributed by atoms with Gasteiger partial charge in [0.1, 0.15) is 0 Å². The summed E-state index contributed by atoms with van der Waals surface area (Å²) in [5.74, 6) is 1.59. The smallest absolute Gasteiger partial charge is 0.328 e. The fraction of sp³-hybridized carbons (Fsp3) is 0.727. The lowest BCUT2D eigenvalue weighted by Crippen LogP contribution is -2.45. The van der Waals surface area contributed by atoms with E-state index < -0.39 is 14.3 Å². The van der Waals surface area contributed by atoms with Crippen molar-refractivity contribution in [3.05, 3.63) is 47.1 Å². The molecule has 4 heteroatoms. The molecular weight excluding hydrogens is 472 g/mol. The van der Waals surface area contributed by atoms with Gasteiger partial charge in [-0.25, -0.2) is 4.79 Å². The molecule has 0 aromatic carbocycles. The highest BCUT2D eigenvalue weighted by Crippen LogP contribution is 2.59. The molecule has 3 aliphatic carbocycles. The van der Waals surface area contributed by atoms with E-state index in [9.17, 15) is 4.79 Å². The van der Waals surface area contributed by atoms with Gasteiger partial charge < -0.3 is 9.53 Å². The Morgan fingerprint density at radius 2 is 1.86 bits per heavy atom. The normalized spacial score (nSPS) is 34.8. The summed E-state index contributed by atoms with van der Waals surface area (Å²) < 4.78 is 6.86. The van der Waals surface area contributed by atoms with E-state index >= 15 is 0 Å². The van der Waals surface area contributed by atoms with Gasteiger partial charge in [-0.1, -0.05) is 82.6 Å². The largest absolute Gasteiger partial charge is 0.478 e. The average Bonchev–Trinajstić information content (AvgIpc) is 3.12. The van der Waals surface area contributed by atoms with E-state index in [1.165, 1.54) is 51.0 Å². The summed E-state index contributed by atoms with van der Waals surface area (Å²) in [5.41, 5.74) is 4.64. The Balaban J connectivity index is 1.74. The highest BCUT2D eigenvalue weighted by atomic mass is 28.4. The molecule has 3 nitrogen and oxygen atoms in total. The van der Waals surface area contributed by atoms with Gasteiger partial charge in [0.2, 0.25) is 0 Å². The monoisotopic (exact) mass is 526 g/mol. The number of aliphatic carboxylic acids is 1. The molecule has 1 N–H and O–H groups in total. The third kappa shape index (κ3) is 7.38. The van der Waals surface area contributed by atoms with E-state index in [4.69, 9.17) is 9.53 Å². The topological polar surface area (TPSA) is 46.5 Å². The number of hydrogen-bond acceptors (Lipinski definition) is 2. The Bertz CT molecular complexity index is 947. The van der Waals surface area contributed by atoms with Crippen LogP contribution in [0.25, 0.3) is 0 Å². The van der Waals surface area contributed by atoms with Crippen LogP contribution in [0.1, 0.15) is 99.8 Å². The summed E-state index contributed by atoms with van der Waals surface area (Å²) in [6.07, 6.45) is 20.5. The molecule has 0 aliphatic heterocycles. The van der Waals surface area contributed by atoms with Gasteiger partial charge in [0.25, 0.3) is 0 Å². The third-order valence-electron chi connectivity index (χ3n) is 10.3. The average molecular weight is 527 g/mol. The molecule has 0 amide bonds. The Kier molecular flexibility index (Phi) is 9.60. The van der Waals surface area contributed by atoms with E-state index in [0.29, 0.717) is 35.2 Å². The van der Waals surface area contributed by atoms with Crippen molar-refractivity contribution in [2.45, 2.75) is 124 Å². The number of hydrogen-bond donors (Lipinski definition) is 1. The second-order valence-corrected chi connectivity index (χ2v) is 19.1. The molecule has 0 aromatic rings. The fourth-order valence-electron chi connectivity index (χ4n) is 7.42. The van der Waals surface area contributed by atoms with Crippen molar-refractivity contribution >= 4 is 14.3 Å². The summed E-state index contributed by atoms with van der Waals surface area (Å²) in [6.45, 7) is 21.1. The quantitative estimate of drug-likeness (QED) is 0.204. The molecule has 0 bridgehead atoms. The molecule has 0 aromatic heterocycles. The summed E-state index contributed by atoms with van der Waals surface area (Å²) in [6, 6.07) is 0. The predicted octanol–water partition coefficient (Wildman–Crippen LogP) is 9.49. The van der Waals surface area contributed by atoms with Crippen molar-refractivity contribution in [1.82, 2.24) is 0 Å². The molecule has 0 saturated heterocycles. The van der Waals surface area contributed by atoms with Crippen LogP contribution in [0.5, 0.6) is 0 Å². The molecule has 37 heavy (non-hydrogen) atoms. The number of carboxylic acid groups (broad SMARTS) is 1. The maximum absolute atomic E-state index is 10.9. The van der Waals surface area contributed by atoms with Crippen LogP contribution in [-0.2, 0) is 9.22 Å². The zero-order chi connectivity index (χ0) is 27.6. The van der Waals surface area contributed by atoms with Gasteiger partial charge in [-0.3, -0.25) is 0 Å². The van der Waals surface area contributed by atoms with E-state index in [1.54, 1.807) is 17.2 Å². The van der Waals surface area contributed by atoms with Crippen molar-refractivity contribution in [1.29, 1.82) is 0 Å². The fourth-order valence-corrected chi connectivity index (χ4v) is 8.78. The van der Waals surface area contributed by atoms with E-state index in [0.717, 1.165) is 12.0 Å². The molecule has 3 aliphatic rings. The highest BCUT2D eigenvalue weighted by molar-refractivity contribution is 6.74. The molecule has 6 atom stereocenters. The standard InChI is InChI=1S/C33H54O3Si/c1-23(12-17-31(34)35)19-25(3)29-15-16-30-27(11-10-18-33(29,30)7)14-13-26-20-24(2)21-28(22-26)36-37(8,9)32(4,5)6/h12-14,17,19,24-25,28-30H,10-11,15-16,18,20-22H2,1-9H3,(H,34,35)/b17-12+,23-19+,26-13-,27-14+/t24-,25-,28+,29-,30+,33-/m1/s1. The van der Waals surface area contributed by atoms with Crippen molar-refractivity contribution in [3.63, 3.8) is 0 Å². The number of fused-ring (bicyclic) bond motifs is 1. The summed E-state index contributed by atoms with van der Waals surface area (Å²) >= 11 is 0. The minimum atomic E-state index is -1.76. The highest BCUT2D eigenvalue weighted by Gasteiger charge is 2.50. The van der Waals surface area contributed by atoms with Crippen LogP contribution in [0.15, 0.2) is 47.1 Å². The first kappa shape index (κ1) is 30.2. The molecule has 0 radical (unpaired) electrons. The Labute approximate surface area is 228 Å². The van der Waals surface area contributed by atoms with E-state index in [-0.39, 0.29) is 5.04 Å². The zero-order valence-electron chi connectivity index (χ0n) is 25.2. The van der Waals surface area contributed by atoms with Gasteiger partial charge in [-0.2, -0.15) is 0 Å². The van der Waals surface area contributed by atoms with Crippen LogP contribution in [-0.4, -0.2) is 25.5 Å². The summed E-state index contributed by atoms with van der Waals surface area (Å²) in [5, 5.41) is 9.21. The molecule has 0 spiro atoms. The lowest BCUT2D eigenvalue weighted by Gasteiger charge is -2.44. The first-order valence-corrected chi connectivity index (χ1v) is 17.7. The van der Waals surface area contributed by atoms with Gasteiger partial charge in [0, 0.05) is 12.2 Å². The predicted molar refractivity (Wildman–Crippen MR) is 159 cm³/mol. The van der Waals surface area contributed by atoms with Gasteiger partial charge in [-0.15, -0.1) is 0 Å². The Hall–Kier alpha value is -1.39. The molecule has 208 valence electrons. The van der Waals surface area contributed by atoms with Crippen molar-refractivity contribution < 1.29 is 14.3 Å². The maximum Gasteiger partial charge on any atom is 0.328 e. The Morgan fingerprint density at radius 3 is 2.51 bits per heavy atom. The van der Waals surface area contributed by atoms with Crippen LogP contribution < -0.4 is 0 Å². The van der Waals surface area contributed by atoms with Gasteiger partial charge in [0.15, 0.2) is 8.32 Å². The van der Waals surface area contributed by atoms with Crippen LogP contribution >= 0.6 is 0 Å². The van der Waals surface area contributed by atoms with Crippen molar-refractivity contribution in [2.24, 2.45) is 29.1 Å². The lowest BCUT2D eigenvalue weighted by atomic mass is 9.61.